The molecule has 170 valence electrons. The Hall–Kier alpha value is -1.59. The van der Waals surface area contributed by atoms with Crippen LogP contribution in [0, 0.1) is 0 Å². The Balaban J connectivity index is 2.76. The van der Waals surface area contributed by atoms with Crippen LogP contribution in [0.15, 0.2) is 30.3 Å². The summed E-state index contributed by atoms with van der Waals surface area (Å²) in [6, 6.07) is 8.17. The molecule has 0 bridgehead atoms. The van der Waals surface area contributed by atoms with Crippen LogP contribution in [0.2, 0.25) is 0 Å². The van der Waals surface area contributed by atoms with Gasteiger partial charge in [-0.05, 0) is 0 Å². The molecular formula is C22H36NO5PS. The van der Waals surface area contributed by atoms with Gasteiger partial charge in [-0.2, -0.15) is 0 Å². The molecule has 1 rings (SSSR count). The Morgan fingerprint density at radius 3 is 2.23 bits per heavy atom. The van der Waals surface area contributed by atoms with Crippen molar-refractivity contribution < 1.29 is 23.9 Å². The Bertz CT molecular complexity index is 701. The van der Waals surface area contributed by atoms with E-state index >= 15 is 0 Å². The van der Waals surface area contributed by atoms with Crippen LogP contribution >= 0.6 is 19.0 Å². The molecule has 0 heterocycles. The molecule has 1 aromatic rings. The van der Waals surface area contributed by atoms with Crippen molar-refractivity contribution in [2.45, 2.75) is 59.3 Å². The van der Waals surface area contributed by atoms with Gasteiger partial charge in [0.1, 0.15) is 0 Å². The fraction of sp³-hybridized carbons (Fsp3) is 0.591. The number of carbonyl (C=O) groups excluding carboxylic acids is 3. The number of ether oxygens (including phenoxy) is 2. The van der Waals surface area contributed by atoms with Crippen LogP contribution in [0.3, 0.4) is 0 Å². The summed E-state index contributed by atoms with van der Waals surface area (Å²) in [7, 11) is -1.45. The van der Waals surface area contributed by atoms with Gasteiger partial charge in [0.2, 0.25) is 0 Å². The molecule has 0 saturated carbocycles. The van der Waals surface area contributed by atoms with E-state index in [0.717, 1.165) is 23.4 Å². The SMILES string of the molecule is CC[PH](C)(CC)CSC(=O)CC(NC(=O)OC(C)(C)C)C(=O)OCc1ccccc1. The van der Waals surface area contributed by atoms with Crippen LogP contribution in [0.5, 0.6) is 0 Å². The zero-order valence-corrected chi connectivity index (χ0v) is 20.8. The third kappa shape index (κ3) is 10.4. The monoisotopic (exact) mass is 457 g/mol. The van der Waals surface area contributed by atoms with E-state index in [2.05, 4.69) is 25.8 Å². The second-order valence-electron chi connectivity index (χ2n) is 8.67. The summed E-state index contributed by atoms with van der Waals surface area (Å²) in [6.45, 7) is 11.9. The first-order valence-corrected chi connectivity index (χ1v) is 14.4. The molecule has 0 radical (unpaired) electrons. The molecule has 0 saturated heterocycles. The summed E-state index contributed by atoms with van der Waals surface area (Å²) in [5.74, 6) is -0.648. The molecule has 6 nitrogen and oxygen atoms in total. The van der Waals surface area contributed by atoms with E-state index in [1.807, 2.05) is 30.3 Å². The van der Waals surface area contributed by atoms with Crippen molar-refractivity contribution in [3.8, 4) is 0 Å². The first-order valence-electron chi connectivity index (χ1n) is 10.3. The number of hydrogen-bond donors (Lipinski definition) is 1. The van der Waals surface area contributed by atoms with Gasteiger partial charge < -0.3 is 0 Å². The minimum absolute atomic E-state index is 0.0736. The maximum atomic E-state index is 12.6. The number of thioether (sulfide) groups is 1. The van der Waals surface area contributed by atoms with Crippen molar-refractivity contribution in [3.05, 3.63) is 35.9 Å². The van der Waals surface area contributed by atoms with Crippen LogP contribution in [0.25, 0.3) is 0 Å². The summed E-state index contributed by atoms with van der Waals surface area (Å²) in [4.78, 5) is 37.4. The molecule has 0 fully saturated rings. The molecular weight excluding hydrogens is 421 g/mol. The van der Waals surface area contributed by atoms with Crippen molar-refractivity contribution in [2.24, 2.45) is 0 Å². The molecule has 30 heavy (non-hydrogen) atoms. The molecule has 0 aliphatic heterocycles. The number of alkyl carbamates (subject to hydrolysis) is 1. The van der Waals surface area contributed by atoms with Gasteiger partial charge in [-0.1, -0.05) is 0 Å². The molecule has 1 aromatic carbocycles. The van der Waals surface area contributed by atoms with Gasteiger partial charge in [0.05, 0.1) is 0 Å². The summed E-state index contributed by atoms with van der Waals surface area (Å²) < 4.78 is 10.6. The summed E-state index contributed by atoms with van der Waals surface area (Å²) in [6.07, 6.45) is 1.32. The molecule has 1 unspecified atom stereocenters. The van der Waals surface area contributed by atoms with Gasteiger partial charge in [0.15, 0.2) is 0 Å². The van der Waals surface area contributed by atoms with Crippen molar-refractivity contribution in [2.75, 3.05) is 24.5 Å². The Kier molecular flexibility index (Phi) is 10.9. The molecule has 1 N–H and O–H groups in total. The van der Waals surface area contributed by atoms with Gasteiger partial charge in [-0.25, -0.2) is 0 Å². The van der Waals surface area contributed by atoms with E-state index in [1.54, 1.807) is 20.8 Å². The first kappa shape index (κ1) is 26.4. The average molecular weight is 458 g/mol. The Morgan fingerprint density at radius 1 is 1.10 bits per heavy atom. The summed E-state index contributed by atoms with van der Waals surface area (Å²) in [5.41, 5.74) is 0.920. The number of benzene rings is 1. The first-order chi connectivity index (χ1) is 14.0. The fourth-order valence-corrected chi connectivity index (χ4v) is 6.86. The van der Waals surface area contributed by atoms with Crippen molar-refractivity contribution >= 4 is 36.2 Å². The average Bonchev–Trinajstić information content (AvgIpc) is 2.69. The molecule has 1 amide bonds. The van der Waals surface area contributed by atoms with Crippen LogP contribution in [0.1, 0.15) is 46.6 Å². The number of nitrogens with one attached hydrogen (secondary N) is 1. The van der Waals surface area contributed by atoms with Gasteiger partial charge in [0, 0.05) is 0 Å². The van der Waals surface area contributed by atoms with Gasteiger partial charge in [-0.15, -0.1) is 0 Å². The molecule has 0 aromatic heterocycles. The van der Waals surface area contributed by atoms with Gasteiger partial charge in [-0.3, -0.25) is 0 Å². The number of rotatable bonds is 10. The molecule has 0 aliphatic rings. The fourth-order valence-electron chi connectivity index (χ4n) is 2.41. The van der Waals surface area contributed by atoms with E-state index in [1.165, 1.54) is 11.8 Å². The van der Waals surface area contributed by atoms with E-state index in [-0.39, 0.29) is 18.1 Å². The maximum absolute atomic E-state index is 12.6. The number of carbonyl (C=O) groups is 3. The molecule has 0 aliphatic carbocycles. The third-order valence-electron chi connectivity index (χ3n) is 4.86. The second kappa shape index (κ2) is 12.3. The predicted octanol–water partition coefficient (Wildman–Crippen LogP) is 4.65. The zero-order valence-electron chi connectivity index (χ0n) is 18.9. The van der Waals surface area contributed by atoms with E-state index in [0.29, 0.717) is 0 Å². The quantitative estimate of drug-likeness (QED) is 0.407. The third-order valence-corrected chi connectivity index (χ3v) is 12.1. The van der Waals surface area contributed by atoms with Crippen LogP contribution < -0.4 is 5.32 Å². The number of hydrogen-bond acceptors (Lipinski definition) is 6. The number of esters is 1. The zero-order chi connectivity index (χ0) is 22.8. The van der Waals surface area contributed by atoms with Gasteiger partial charge in [0.25, 0.3) is 0 Å². The number of amides is 1. The van der Waals surface area contributed by atoms with Crippen molar-refractivity contribution in [1.29, 1.82) is 0 Å². The Morgan fingerprint density at radius 2 is 1.70 bits per heavy atom. The molecule has 0 spiro atoms. The van der Waals surface area contributed by atoms with E-state index in [4.69, 9.17) is 9.47 Å². The minimum atomic E-state index is -1.45. The molecule has 1 atom stereocenters. The normalized spacial score (nSPS) is 13.3. The van der Waals surface area contributed by atoms with Crippen LogP contribution in [-0.4, -0.2) is 53.3 Å². The summed E-state index contributed by atoms with van der Waals surface area (Å²) in [5, 5.41) is 2.38. The predicted molar refractivity (Wildman–Crippen MR) is 127 cm³/mol. The standard InChI is InChI=1S/C22H36NO5PS/c1-7-29(6,8-2)16-30-19(24)14-18(23-21(26)28-22(3,4)5)20(25)27-15-17-12-10-9-11-13-17/h9-13,18,29H,7-8,14-16H2,1-6H3,(H,23,26). The molecule has 8 heteroatoms. The van der Waals surface area contributed by atoms with E-state index in [9.17, 15) is 14.4 Å². The van der Waals surface area contributed by atoms with Crippen molar-refractivity contribution in [1.82, 2.24) is 5.32 Å². The van der Waals surface area contributed by atoms with Gasteiger partial charge >= 0.3 is 185 Å². The Labute approximate surface area is 185 Å². The van der Waals surface area contributed by atoms with Crippen LogP contribution in [-0.2, 0) is 25.7 Å². The van der Waals surface area contributed by atoms with E-state index < -0.39 is 31.0 Å². The van der Waals surface area contributed by atoms with Crippen LogP contribution in [0.4, 0.5) is 4.79 Å². The second-order valence-corrected chi connectivity index (χ2v) is 15.6. The topological polar surface area (TPSA) is 81.7 Å². The van der Waals surface area contributed by atoms with Crippen molar-refractivity contribution in [3.63, 3.8) is 0 Å². The summed E-state index contributed by atoms with van der Waals surface area (Å²) >= 11 is 1.26.